The second-order valence-corrected chi connectivity index (χ2v) is 6.54. The molecule has 0 spiro atoms. The fraction of sp³-hybridized carbons (Fsp3) is 0.333. The molecule has 108 valence electrons. The van der Waals surface area contributed by atoms with Crippen LogP contribution in [0.15, 0.2) is 34.9 Å². The maximum absolute atomic E-state index is 10.7. The number of benzene rings is 1. The molecule has 0 saturated heterocycles. The van der Waals surface area contributed by atoms with E-state index in [0.29, 0.717) is 10.8 Å². The molecular weight excluding hydrogens is 292 g/mol. The van der Waals surface area contributed by atoms with Crippen LogP contribution in [0.5, 0.6) is 0 Å². The van der Waals surface area contributed by atoms with E-state index in [2.05, 4.69) is 10.5 Å². The van der Waals surface area contributed by atoms with E-state index >= 15 is 0 Å². The lowest BCUT2D eigenvalue weighted by Crippen LogP contribution is -2.76. The second-order valence-electron chi connectivity index (χ2n) is 6.10. The zero-order chi connectivity index (χ0) is 14.7. The molecule has 5 rings (SSSR count). The first kappa shape index (κ1) is 12.7. The zero-order valence-corrected chi connectivity index (χ0v) is 11.9. The summed E-state index contributed by atoms with van der Waals surface area (Å²) in [6.07, 6.45) is 1.46. The standard InChI is InChI=1S/C15H13ClN2O3/c16-10-3-1-9(2-4-10)11-5-12(18-21-11)14-6-15(7-14,8-14)17-13(19)20/h1-5,17H,6-8H2,(H,19,20). The highest BCUT2D eigenvalue weighted by atomic mass is 35.5. The molecule has 1 amide bonds. The van der Waals surface area contributed by atoms with Gasteiger partial charge in [0.05, 0.1) is 5.69 Å². The third-order valence-electron chi connectivity index (χ3n) is 4.58. The zero-order valence-electron chi connectivity index (χ0n) is 11.1. The van der Waals surface area contributed by atoms with Gasteiger partial charge in [-0.15, -0.1) is 0 Å². The van der Waals surface area contributed by atoms with Crippen LogP contribution in [0.25, 0.3) is 11.3 Å². The lowest BCUT2D eigenvalue weighted by atomic mass is 9.38. The normalized spacial score (nSPS) is 29.4. The highest BCUT2D eigenvalue weighted by molar-refractivity contribution is 6.30. The molecule has 0 unspecified atom stereocenters. The quantitative estimate of drug-likeness (QED) is 0.911. The van der Waals surface area contributed by atoms with Gasteiger partial charge in [0.2, 0.25) is 0 Å². The molecule has 1 aromatic carbocycles. The van der Waals surface area contributed by atoms with Gasteiger partial charge in [0, 0.05) is 27.6 Å². The van der Waals surface area contributed by atoms with Crippen LogP contribution in [0.2, 0.25) is 5.02 Å². The van der Waals surface area contributed by atoms with Crippen LogP contribution in [0.1, 0.15) is 25.0 Å². The molecule has 6 heteroatoms. The van der Waals surface area contributed by atoms with E-state index in [4.69, 9.17) is 21.2 Å². The van der Waals surface area contributed by atoms with Crippen LogP contribution in [0.4, 0.5) is 4.79 Å². The van der Waals surface area contributed by atoms with Crippen LogP contribution in [0, 0.1) is 0 Å². The number of nitrogens with one attached hydrogen (secondary N) is 1. The van der Waals surface area contributed by atoms with Gasteiger partial charge in [-0.3, -0.25) is 0 Å². The smallest absolute Gasteiger partial charge is 0.405 e. The molecule has 5 nitrogen and oxygen atoms in total. The highest BCUT2D eigenvalue weighted by Crippen LogP contribution is 2.67. The van der Waals surface area contributed by atoms with Crippen LogP contribution in [-0.4, -0.2) is 21.9 Å². The highest BCUT2D eigenvalue weighted by Gasteiger charge is 2.70. The summed E-state index contributed by atoms with van der Waals surface area (Å²) in [5.41, 5.74) is 1.62. The summed E-state index contributed by atoms with van der Waals surface area (Å²) in [4.78, 5) is 10.7. The van der Waals surface area contributed by atoms with Crippen molar-refractivity contribution in [3.05, 3.63) is 41.0 Å². The van der Waals surface area contributed by atoms with Crippen molar-refractivity contribution in [2.75, 3.05) is 0 Å². The predicted molar refractivity (Wildman–Crippen MR) is 76.4 cm³/mol. The van der Waals surface area contributed by atoms with Gasteiger partial charge in [-0.05, 0) is 43.5 Å². The third-order valence-corrected chi connectivity index (χ3v) is 4.84. The molecule has 3 aliphatic carbocycles. The average molecular weight is 305 g/mol. The minimum absolute atomic E-state index is 0.00335. The fourth-order valence-corrected chi connectivity index (χ4v) is 3.82. The van der Waals surface area contributed by atoms with Crippen LogP contribution in [-0.2, 0) is 5.41 Å². The van der Waals surface area contributed by atoms with Crippen molar-refractivity contribution < 1.29 is 14.4 Å². The summed E-state index contributed by atoms with van der Waals surface area (Å²) >= 11 is 5.87. The van der Waals surface area contributed by atoms with E-state index in [1.807, 2.05) is 30.3 Å². The first-order valence-corrected chi connectivity index (χ1v) is 7.13. The summed E-state index contributed by atoms with van der Waals surface area (Å²) in [6.45, 7) is 0. The Kier molecular flexibility index (Phi) is 2.43. The maximum Gasteiger partial charge on any atom is 0.405 e. The Balaban J connectivity index is 1.52. The Bertz CT molecular complexity index is 703. The molecule has 2 aromatic rings. The predicted octanol–water partition coefficient (Wildman–Crippen LogP) is 3.44. The molecule has 0 aliphatic heterocycles. The first-order valence-electron chi connectivity index (χ1n) is 6.75. The third kappa shape index (κ3) is 1.84. The molecular formula is C15H13ClN2O3. The average Bonchev–Trinajstić information content (AvgIpc) is 2.82. The van der Waals surface area contributed by atoms with E-state index in [-0.39, 0.29) is 11.0 Å². The summed E-state index contributed by atoms with van der Waals surface area (Å²) in [5.74, 6) is 0.714. The molecule has 0 atom stereocenters. The number of hydrogen-bond donors (Lipinski definition) is 2. The number of rotatable bonds is 3. The number of carboxylic acid groups (broad SMARTS) is 1. The van der Waals surface area contributed by atoms with Crippen molar-refractivity contribution in [1.82, 2.24) is 10.5 Å². The van der Waals surface area contributed by atoms with Crippen LogP contribution >= 0.6 is 11.6 Å². The monoisotopic (exact) mass is 304 g/mol. The Morgan fingerprint density at radius 1 is 1.29 bits per heavy atom. The van der Waals surface area contributed by atoms with E-state index in [9.17, 15) is 4.79 Å². The summed E-state index contributed by atoms with van der Waals surface area (Å²) in [7, 11) is 0. The Morgan fingerprint density at radius 2 is 1.95 bits per heavy atom. The number of nitrogens with zero attached hydrogens (tertiary/aromatic N) is 1. The van der Waals surface area contributed by atoms with Crippen molar-refractivity contribution >= 4 is 17.7 Å². The Morgan fingerprint density at radius 3 is 2.57 bits per heavy atom. The van der Waals surface area contributed by atoms with Gasteiger partial charge >= 0.3 is 6.09 Å². The van der Waals surface area contributed by atoms with Crippen molar-refractivity contribution in [1.29, 1.82) is 0 Å². The molecule has 2 N–H and O–H groups in total. The first-order chi connectivity index (χ1) is 10.0. The van der Waals surface area contributed by atoms with Crippen molar-refractivity contribution in [2.45, 2.75) is 30.2 Å². The number of halogens is 1. The Labute approximate surface area is 125 Å². The molecule has 21 heavy (non-hydrogen) atoms. The maximum atomic E-state index is 10.7. The number of amides is 1. The molecule has 2 bridgehead atoms. The van der Waals surface area contributed by atoms with E-state index in [0.717, 1.165) is 30.5 Å². The number of aromatic nitrogens is 1. The molecule has 1 aromatic heterocycles. The molecule has 3 saturated carbocycles. The Hall–Kier alpha value is -2.01. The van der Waals surface area contributed by atoms with Gasteiger partial charge in [-0.2, -0.15) is 0 Å². The molecule has 1 heterocycles. The van der Waals surface area contributed by atoms with Gasteiger partial charge in [0.25, 0.3) is 0 Å². The number of hydrogen-bond acceptors (Lipinski definition) is 3. The molecule has 0 radical (unpaired) electrons. The minimum atomic E-state index is -0.953. The van der Waals surface area contributed by atoms with E-state index in [1.165, 1.54) is 0 Å². The fourth-order valence-electron chi connectivity index (χ4n) is 3.69. The number of carbonyl (C=O) groups is 1. The van der Waals surface area contributed by atoms with Gasteiger partial charge < -0.3 is 14.9 Å². The van der Waals surface area contributed by atoms with Crippen molar-refractivity contribution in [3.8, 4) is 11.3 Å². The molecule has 3 fully saturated rings. The van der Waals surface area contributed by atoms with Crippen molar-refractivity contribution in [2.24, 2.45) is 0 Å². The minimum Gasteiger partial charge on any atom is -0.465 e. The van der Waals surface area contributed by atoms with Crippen LogP contribution in [0.3, 0.4) is 0 Å². The lowest BCUT2D eigenvalue weighted by Gasteiger charge is -2.69. The summed E-state index contributed by atoms with van der Waals surface area (Å²) in [6, 6.07) is 9.36. The van der Waals surface area contributed by atoms with Crippen LogP contribution < -0.4 is 5.32 Å². The molecule has 3 aliphatic rings. The van der Waals surface area contributed by atoms with Gasteiger partial charge in [-0.1, -0.05) is 16.8 Å². The largest absolute Gasteiger partial charge is 0.465 e. The van der Waals surface area contributed by atoms with Gasteiger partial charge in [0.1, 0.15) is 0 Å². The van der Waals surface area contributed by atoms with Gasteiger partial charge in [-0.25, -0.2) is 4.79 Å². The summed E-state index contributed by atoms with van der Waals surface area (Å²) in [5, 5.41) is 16.3. The van der Waals surface area contributed by atoms with Crippen molar-refractivity contribution in [3.63, 3.8) is 0 Å². The second kappa shape index (κ2) is 4.01. The van der Waals surface area contributed by atoms with Gasteiger partial charge in [0.15, 0.2) is 5.76 Å². The topological polar surface area (TPSA) is 75.4 Å². The summed E-state index contributed by atoms with van der Waals surface area (Å²) < 4.78 is 5.42. The van der Waals surface area contributed by atoms with E-state index < -0.39 is 6.09 Å². The SMILES string of the molecule is O=C(O)NC12CC(c3cc(-c4ccc(Cl)cc4)on3)(C1)C2. The lowest BCUT2D eigenvalue weighted by molar-refractivity contribution is -0.0861. The van der Waals surface area contributed by atoms with E-state index in [1.54, 1.807) is 0 Å².